The summed E-state index contributed by atoms with van der Waals surface area (Å²) in [7, 11) is 1.43. The van der Waals surface area contributed by atoms with E-state index in [1.807, 2.05) is 18.2 Å². The molecule has 0 amide bonds. The zero-order valence-corrected chi connectivity index (χ0v) is 16.3. The average Bonchev–Trinajstić information content (AvgIpc) is 2.76. The van der Waals surface area contributed by atoms with Gasteiger partial charge < -0.3 is 9.47 Å². The van der Waals surface area contributed by atoms with E-state index in [1.54, 1.807) is 0 Å². The topological polar surface area (TPSA) is 35.5 Å². The number of hydrogen-bond donors (Lipinski definition) is 0. The second kappa shape index (κ2) is 10.3. The average molecular weight is 374 g/mol. The molecule has 0 atom stereocenters. The highest BCUT2D eigenvalue weighted by Crippen LogP contribution is 2.21. The number of carbonyl (C=O) groups excluding carboxylic acids is 1. The number of methoxy groups -OCH3 is 1. The van der Waals surface area contributed by atoms with Gasteiger partial charge in [-0.05, 0) is 53.6 Å². The fourth-order valence-corrected chi connectivity index (χ4v) is 3.08. The van der Waals surface area contributed by atoms with Crippen molar-refractivity contribution in [2.45, 2.75) is 32.3 Å². The summed E-state index contributed by atoms with van der Waals surface area (Å²) in [5, 5.41) is 0. The van der Waals surface area contributed by atoms with E-state index in [9.17, 15) is 4.79 Å². The van der Waals surface area contributed by atoms with Gasteiger partial charge in [0.05, 0.1) is 7.11 Å². The summed E-state index contributed by atoms with van der Waals surface area (Å²) < 4.78 is 10.6. The number of rotatable bonds is 9. The van der Waals surface area contributed by atoms with Gasteiger partial charge in [0.15, 0.2) is 0 Å². The van der Waals surface area contributed by atoms with Crippen LogP contribution < -0.4 is 4.74 Å². The van der Waals surface area contributed by atoms with Gasteiger partial charge in [-0.25, -0.2) is 0 Å². The third-order valence-corrected chi connectivity index (χ3v) is 4.69. The maximum absolute atomic E-state index is 11.2. The lowest BCUT2D eigenvalue weighted by Gasteiger charge is -2.09. The second-order valence-electron chi connectivity index (χ2n) is 6.78. The molecule has 0 aliphatic carbocycles. The van der Waals surface area contributed by atoms with Crippen LogP contribution in [0.5, 0.6) is 5.75 Å². The van der Waals surface area contributed by atoms with E-state index in [-0.39, 0.29) is 5.97 Å². The van der Waals surface area contributed by atoms with Crippen LogP contribution in [0.25, 0.3) is 11.1 Å². The Labute approximate surface area is 166 Å². The number of unbranched alkanes of at least 4 members (excludes halogenated alkanes) is 1. The molecule has 144 valence electrons. The van der Waals surface area contributed by atoms with Gasteiger partial charge >= 0.3 is 5.97 Å². The molecule has 3 aromatic rings. The van der Waals surface area contributed by atoms with E-state index in [0.29, 0.717) is 13.0 Å². The van der Waals surface area contributed by atoms with Gasteiger partial charge in [-0.2, -0.15) is 0 Å². The Morgan fingerprint density at radius 1 is 0.786 bits per heavy atom. The molecule has 0 spiro atoms. The minimum absolute atomic E-state index is 0.143. The van der Waals surface area contributed by atoms with Gasteiger partial charge in [-0.1, -0.05) is 66.7 Å². The molecular formula is C25H26O3. The number of hydrogen-bond acceptors (Lipinski definition) is 3. The molecule has 0 N–H and O–H groups in total. The Bertz CT molecular complexity index is 870. The maximum Gasteiger partial charge on any atom is 0.305 e. The normalized spacial score (nSPS) is 10.5. The Morgan fingerprint density at radius 2 is 1.54 bits per heavy atom. The number of esters is 1. The third kappa shape index (κ3) is 5.98. The monoisotopic (exact) mass is 374 g/mol. The van der Waals surface area contributed by atoms with Crippen molar-refractivity contribution in [3.8, 4) is 16.9 Å². The zero-order valence-electron chi connectivity index (χ0n) is 16.3. The summed E-state index contributed by atoms with van der Waals surface area (Å²) in [6.45, 7) is 0.543. The molecule has 0 saturated carbocycles. The number of ether oxygens (including phenoxy) is 2. The fraction of sp³-hybridized carbons (Fsp3) is 0.240. The lowest BCUT2D eigenvalue weighted by atomic mass is 10.0. The first-order valence-electron chi connectivity index (χ1n) is 9.67. The van der Waals surface area contributed by atoms with Crippen LogP contribution in [0.15, 0.2) is 78.9 Å². The van der Waals surface area contributed by atoms with Crippen molar-refractivity contribution in [1.29, 1.82) is 0 Å². The summed E-state index contributed by atoms with van der Waals surface area (Å²) in [5.74, 6) is 0.730. The molecule has 3 heteroatoms. The maximum atomic E-state index is 11.2. The molecular weight excluding hydrogens is 348 g/mol. The van der Waals surface area contributed by atoms with Gasteiger partial charge in [-0.3, -0.25) is 4.79 Å². The van der Waals surface area contributed by atoms with Crippen molar-refractivity contribution in [3.05, 3.63) is 90.0 Å². The van der Waals surface area contributed by atoms with Gasteiger partial charge in [0, 0.05) is 6.42 Å². The van der Waals surface area contributed by atoms with Crippen LogP contribution in [-0.4, -0.2) is 13.1 Å². The molecule has 0 unspecified atom stereocenters. The standard InChI is InChI=1S/C25H26O3/c1-27-25(26)13-6-5-8-20-9-7-12-24(18-20)28-19-21-14-16-23(17-15-21)22-10-3-2-4-11-22/h2-4,7,9-12,14-18H,5-6,8,13,19H2,1H3. The first kappa shape index (κ1) is 19.7. The van der Waals surface area contributed by atoms with Gasteiger partial charge in [0.25, 0.3) is 0 Å². The molecule has 0 radical (unpaired) electrons. The summed E-state index contributed by atoms with van der Waals surface area (Å²) in [6.07, 6.45) is 3.21. The summed E-state index contributed by atoms with van der Waals surface area (Å²) in [5.41, 5.74) is 4.79. The number of aryl methyl sites for hydroxylation is 1. The minimum Gasteiger partial charge on any atom is -0.489 e. The number of benzene rings is 3. The Kier molecular flexibility index (Phi) is 7.25. The van der Waals surface area contributed by atoms with E-state index in [1.165, 1.54) is 23.8 Å². The highest BCUT2D eigenvalue weighted by atomic mass is 16.5. The molecule has 3 rings (SSSR count). The Hall–Kier alpha value is -3.07. The fourth-order valence-electron chi connectivity index (χ4n) is 3.08. The molecule has 28 heavy (non-hydrogen) atoms. The minimum atomic E-state index is -0.143. The van der Waals surface area contributed by atoms with Gasteiger partial charge in [0.1, 0.15) is 12.4 Å². The van der Waals surface area contributed by atoms with E-state index >= 15 is 0 Å². The van der Waals surface area contributed by atoms with E-state index in [0.717, 1.165) is 30.6 Å². The van der Waals surface area contributed by atoms with Crippen molar-refractivity contribution in [1.82, 2.24) is 0 Å². The SMILES string of the molecule is COC(=O)CCCCc1cccc(OCc2ccc(-c3ccccc3)cc2)c1. The largest absolute Gasteiger partial charge is 0.489 e. The van der Waals surface area contributed by atoms with E-state index < -0.39 is 0 Å². The smallest absolute Gasteiger partial charge is 0.305 e. The molecule has 0 aliphatic rings. The van der Waals surface area contributed by atoms with Crippen molar-refractivity contribution >= 4 is 5.97 Å². The number of carbonyl (C=O) groups is 1. The lowest BCUT2D eigenvalue weighted by molar-refractivity contribution is -0.140. The van der Waals surface area contributed by atoms with Crippen LogP contribution in [0, 0.1) is 0 Å². The molecule has 3 nitrogen and oxygen atoms in total. The van der Waals surface area contributed by atoms with Crippen LogP contribution in [0.3, 0.4) is 0 Å². The Morgan fingerprint density at radius 3 is 2.29 bits per heavy atom. The summed E-state index contributed by atoms with van der Waals surface area (Å²) in [6, 6.07) is 27.0. The first-order valence-corrected chi connectivity index (χ1v) is 9.67. The lowest BCUT2D eigenvalue weighted by Crippen LogP contribution is -2.00. The third-order valence-electron chi connectivity index (χ3n) is 4.69. The van der Waals surface area contributed by atoms with Gasteiger partial charge in [0.2, 0.25) is 0 Å². The molecule has 0 fully saturated rings. The molecule has 0 saturated heterocycles. The van der Waals surface area contributed by atoms with Crippen LogP contribution in [0.4, 0.5) is 0 Å². The van der Waals surface area contributed by atoms with Crippen LogP contribution in [0.1, 0.15) is 30.4 Å². The highest BCUT2D eigenvalue weighted by Gasteiger charge is 2.03. The zero-order chi connectivity index (χ0) is 19.6. The van der Waals surface area contributed by atoms with E-state index in [2.05, 4.69) is 65.4 Å². The van der Waals surface area contributed by atoms with E-state index in [4.69, 9.17) is 4.74 Å². The van der Waals surface area contributed by atoms with Crippen LogP contribution in [0.2, 0.25) is 0 Å². The molecule has 0 aromatic heterocycles. The van der Waals surface area contributed by atoms with Crippen molar-refractivity contribution in [2.75, 3.05) is 7.11 Å². The van der Waals surface area contributed by atoms with Crippen LogP contribution in [-0.2, 0) is 22.6 Å². The van der Waals surface area contributed by atoms with Crippen molar-refractivity contribution in [2.24, 2.45) is 0 Å². The van der Waals surface area contributed by atoms with Crippen molar-refractivity contribution < 1.29 is 14.3 Å². The second-order valence-corrected chi connectivity index (χ2v) is 6.78. The predicted molar refractivity (Wildman–Crippen MR) is 112 cm³/mol. The summed E-state index contributed by atoms with van der Waals surface area (Å²) in [4.78, 5) is 11.2. The first-order chi connectivity index (χ1) is 13.7. The Balaban J connectivity index is 1.50. The quantitative estimate of drug-likeness (QED) is 0.350. The molecule has 0 heterocycles. The molecule has 3 aromatic carbocycles. The molecule has 0 aliphatic heterocycles. The highest BCUT2D eigenvalue weighted by molar-refractivity contribution is 5.69. The van der Waals surface area contributed by atoms with Crippen molar-refractivity contribution in [3.63, 3.8) is 0 Å². The predicted octanol–water partition coefficient (Wildman–Crippen LogP) is 5.82. The van der Waals surface area contributed by atoms with Gasteiger partial charge in [-0.15, -0.1) is 0 Å². The molecule has 0 bridgehead atoms. The van der Waals surface area contributed by atoms with Crippen LogP contribution >= 0.6 is 0 Å². The summed E-state index contributed by atoms with van der Waals surface area (Å²) >= 11 is 0.